The summed E-state index contributed by atoms with van der Waals surface area (Å²) >= 11 is 1.38. The molecule has 15 heavy (non-hydrogen) atoms. The van der Waals surface area contributed by atoms with Crippen molar-refractivity contribution in [1.82, 2.24) is 14.3 Å². The van der Waals surface area contributed by atoms with Crippen LogP contribution in [-0.2, 0) is 6.54 Å². The van der Waals surface area contributed by atoms with E-state index in [2.05, 4.69) is 26.6 Å². The van der Waals surface area contributed by atoms with Gasteiger partial charge in [-0.15, -0.1) is 0 Å². The van der Waals surface area contributed by atoms with E-state index >= 15 is 0 Å². The highest BCUT2D eigenvalue weighted by Crippen LogP contribution is 2.13. The maximum Gasteiger partial charge on any atom is 0.202 e. The largest absolute Gasteiger partial charge is 0.356 e. The Hall–Kier alpha value is -1.49. The van der Waals surface area contributed by atoms with Crippen molar-refractivity contribution in [2.75, 3.05) is 5.32 Å². The predicted octanol–water partition coefficient (Wildman–Crippen LogP) is 2.16. The third-order valence-corrected chi connectivity index (χ3v) is 2.87. The van der Waals surface area contributed by atoms with Crippen molar-refractivity contribution >= 4 is 16.7 Å². The van der Waals surface area contributed by atoms with Gasteiger partial charge in [0.15, 0.2) is 0 Å². The number of nitrogens with zero attached hydrogens (tertiary/aromatic N) is 3. The van der Waals surface area contributed by atoms with Crippen molar-refractivity contribution in [1.29, 1.82) is 0 Å². The molecule has 0 aliphatic rings. The molecule has 5 heteroatoms. The van der Waals surface area contributed by atoms with Gasteiger partial charge in [-0.1, -0.05) is 0 Å². The summed E-state index contributed by atoms with van der Waals surface area (Å²) in [4.78, 5) is 8.32. The number of nitrogens with one attached hydrogen (secondary N) is 1. The lowest BCUT2D eigenvalue weighted by molar-refractivity contribution is 1.06. The average Bonchev–Trinajstić information content (AvgIpc) is 2.63. The molecular weight excluding hydrogens is 208 g/mol. The van der Waals surface area contributed by atoms with Crippen LogP contribution < -0.4 is 5.32 Å². The molecule has 0 unspecified atom stereocenters. The van der Waals surface area contributed by atoms with Gasteiger partial charge >= 0.3 is 0 Å². The molecule has 2 aromatic rings. The van der Waals surface area contributed by atoms with Crippen molar-refractivity contribution in [2.24, 2.45) is 0 Å². The standard InChI is InChI=1S/C10H12N4S/c1-7-3-4-11-5-9(7)6-12-10-13-8(2)14-15-10/h3-5H,6H2,1-2H3,(H,12,13,14). The predicted molar refractivity (Wildman–Crippen MR) is 60.9 cm³/mol. The molecule has 2 heterocycles. The summed E-state index contributed by atoms with van der Waals surface area (Å²) in [7, 11) is 0. The smallest absolute Gasteiger partial charge is 0.202 e. The fraction of sp³-hybridized carbons (Fsp3) is 0.300. The monoisotopic (exact) mass is 220 g/mol. The van der Waals surface area contributed by atoms with Gasteiger partial charge in [-0.05, 0) is 31.0 Å². The number of rotatable bonds is 3. The summed E-state index contributed by atoms with van der Waals surface area (Å²) in [6.07, 6.45) is 3.67. The number of aromatic nitrogens is 3. The van der Waals surface area contributed by atoms with Gasteiger partial charge < -0.3 is 5.32 Å². The molecule has 0 aliphatic heterocycles. The second-order valence-electron chi connectivity index (χ2n) is 3.30. The topological polar surface area (TPSA) is 50.7 Å². The highest BCUT2D eigenvalue weighted by atomic mass is 32.1. The summed E-state index contributed by atoms with van der Waals surface area (Å²) in [6, 6.07) is 2.00. The first-order valence-corrected chi connectivity index (χ1v) is 5.47. The molecular formula is C10H12N4S. The van der Waals surface area contributed by atoms with Crippen molar-refractivity contribution in [2.45, 2.75) is 20.4 Å². The van der Waals surface area contributed by atoms with E-state index in [0.717, 1.165) is 17.5 Å². The minimum atomic E-state index is 0.744. The van der Waals surface area contributed by atoms with Crippen LogP contribution in [0.2, 0.25) is 0 Å². The van der Waals surface area contributed by atoms with Crippen LogP contribution in [0.1, 0.15) is 17.0 Å². The summed E-state index contributed by atoms with van der Waals surface area (Å²) < 4.78 is 4.10. The van der Waals surface area contributed by atoms with Gasteiger partial charge in [0.25, 0.3) is 0 Å². The number of aryl methyl sites for hydroxylation is 2. The van der Waals surface area contributed by atoms with Gasteiger partial charge in [0, 0.05) is 30.5 Å². The molecule has 0 amide bonds. The average molecular weight is 220 g/mol. The van der Waals surface area contributed by atoms with Crippen LogP contribution >= 0.6 is 11.5 Å². The Bertz CT molecular complexity index is 452. The van der Waals surface area contributed by atoms with E-state index in [9.17, 15) is 0 Å². The normalized spacial score (nSPS) is 10.3. The van der Waals surface area contributed by atoms with Crippen LogP contribution in [0.25, 0.3) is 0 Å². The minimum absolute atomic E-state index is 0.744. The Labute approximate surface area is 92.6 Å². The fourth-order valence-corrected chi connectivity index (χ4v) is 1.79. The second-order valence-corrected chi connectivity index (χ2v) is 4.05. The molecule has 0 aliphatic carbocycles. The SMILES string of the molecule is Cc1nsc(NCc2cnccc2C)n1. The number of pyridine rings is 1. The van der Waals surface area contributed by atoms with E-state index in [1.807, 2.05) is 19.2 Å². The van der Waals surface area contributed by atoms with Crippen molar-refractivity contribution in [3.8, 4) is 0 Å². The molecule has 2 rings (SSSR count). The zero-order valence-corrected chi connectivity index (χ0v) is 9.51. The molecule has 0 spiro atoms. The molecule has 0 saturated carbocycles. The first-order valence-electron chi connectivity index (χ1n) is 4.69. The van der Waals surface area contributed by atoms with Crippen LogP contribution in [0.15, 0.2) is 18.5 Å². The zero-order chi connectivity index (χ0) is 10.7. The lowest BCUT2D eigenvalue weighted by atomic mass is 10.2. The third kappa shape index (κ3) is 2.50. The Morgan fingerprint density at radius 1 is 1.40 bits per heavy atom. The van der Waals surface area contributed by atoms with Gasteiger partial charge in [0.05, 0.1) is 0 Å². The lowest BCUT2D eigenvalue weighted by Gasteiger charge is -2.04. The second kappa shape index (κ2) is 4.35. The van der Waals surface area contributed by atoms with Crippen molar-refractivity contribution in [3.63, 3.8) is 0 Å². The van der Waals surface area contributed by atoms with Crippen LogP contribution in [0.4, 0.5) is 5.13 Å². The van der Waals surface area contributed by atoms with Gasteiger partial charge in [-0.3, -0.25) is 4.98 Å². The summed E-state index contributed by atoms with van der Waals surface area (Å²) in [5.74, 6) is 0.811. The number of hydrogen-bond donors (Lipinski definition) is 1. The third-order valence-electron chi connectivity index (χ3n) is 2.11. The Morgan fingerprint density at radius 2 is 2.27 bits per heavy atom. The highest BCUT2D eigenvalue weighted by molar-refractivity contribution is 7.09. The summed E-state index contributed by atoms with van der Waals surface area (Å²) in [5.41, 5.74) is 2.42. The van der Waals surface area contributed by atoms with Crippen molar-refractivity contribution < 1.29 is 0 Å². The maximum absolute atomic E-state index is 4.23. The molecule has 4 nitrogen and oxygen atoms in total. The molecule has 0 atom stereocenters. The fourth-order valence-electron chi connectivity index (χ4n) is 1.22. The first kappa shape index (κ1) is 10.0. The van der Waals surface area contributed by atoms with E-state index in [1.165, 1.54) is 22.7 Å². The summed E-state index contributed by atoms with van der Waals surface area (Å²) in [5, 5.41) is 4.08. The Kier molecular flexibility index (Phi) is 2.91. The van der Waals surface area contributed by atoms with Crippen LogP contribution in [-0.4, -0.2) is 14.3 Å². The summed E-state index contributed by atoms with van der Waals surface area (Å²) in [6.45, 7) is 4.70. The number of hydrogen-bond acceptors (Lipinski definition) is 5. The van der Waals surface area contributed by atoms with E-state index in [4.69, 9.17) is 0 Å². The molecule has 0 radical (unpaired) electrons. The van der Waals surface area contributed by atoms with Gasteiger partial charge in [0.1, 0.15) is 5.82 Å². The molecule has 78 valence electrons. The molecule has 2 aromatic heterocycles. The van der Waals surface area contributed by atoms with E-state index in [0.29, 0.717) is 0 Å². The zero-order valence-electron chi connectivity index (χ0n) is 8.69. The van der Waals surface area contributed by atoms with E-state index in [1.54, 1.807) is 6.20 Å². The first-order chi connectivity index (χ1) is 7.25. The Balaban J connectivity index is 2.02. The highest BCUT2D eigenvalue weighted by Gasteiger charge is 2.01. The minimum Gasteiger partial charge on any atom is -0.356 e. The molecule has 0 saturated heterocycles. The van der Waals surface area contributed by atoms with Crippen LogP contribution in [0.5, 0.6) is 0 Å². The maximum atomic E-state index is 4.23. The van der Waals surface area contributed by atoms with Gasteiger partial charge in [-0.25, -0.2) is 4.98 Å². The lowest BCUT2D eigenvalue weighted by Crippen LogP contribution is -2.01. The quantitative estimate of drug-likeness (QED) is 0.861. The van der Waals surface area contributed by atoms with Crippen molar-refractivity contribution in [3.05, 3.63) is 35.4 Å². The molecule has 0 aromatic carbocycles. The molecule has 0 bridgehead atoms. The molecule has 1 N–H and O–H groups in total. The van der Waals surface area contributed by atoms with Gasteiger partial charge in [-0.2, -0.15) is 4.37 Å². The van der Waals surface area contributed by atoms with E-state index < -0.39 is 0 Å². The van der Waals surface area contributed by atoms with Crippen LogP contribution in [0.3, 0.4) is 0 Å². The number of anilines is 1. The molecule has 0 fully saturated rings. The van der Waals surface area contributed by atoms with Crippen LogP contribution in [0, 0.1) is 13.8 Å². The van der Waals surface area contributed by atoms with Gasteiger partial charge in [0.2, 0.25) is 5.13 Å². The Morgan fingerprint density at radius 3 is 2.93 bits per heavy atom. The van der Waals surface area contributed by atoms with E-state index in [-0.39, 0.29) is 0 Å².